The normalized spacial score (nSPS) is 10.1. The van der Waals surface area contributed by atoms with Gasteiger partial charge in [-0.25, -0.2) is 4.79 Å². The lowest BCUT2D eigenvalue weighted by Crippen LogP contribution is -2.44. The number of hydrogen-bond donors (Lipinski definition) is 2. The number of rotatable bonds is 6. The lowest BCUT2D eigenvalue weighted by molar-refractivity contribution is -0.135. The van der Waals surface area contributed by atoms with Crippen LogP contribution in [-0.2, 0) is 4.79 Å². The Morgan fingerprint density at radius 1 is 1.25 bits per heavy atom. The van der Waals surface area contributed by atoms with Crippen molar-refractivity contribution < 1.29 is 19.8 Å². The quantitative estimate of drug-likeness (QED) is 0.835. The van der Waals surface area contributed by atoms with Crippen LogP contribution < -0.4 is 4.90 Å². The van der Waals surface area contributed by atoms with Crippen molar-refractivity contribution in [2.45, 2.75) is 0 Å². The third kappa shape index (κ3) is 4.65. The fraction of sp³-hybridized carbons (Fsp3) is 0.385. The van der Waals surface area contributed by atoms with Gasteiger partial charge < -0.3 is 15.1 Å². The number of nitrogens with zero attached hydrogens (tertiary/aromatic N) is 2. The van der Waals surface area contributed by atoms with Gasteiger partial charge in [-0.05, 0) is 30.5 Å². The molecule has 7 heteroatoms. The molecule has 2 amide bonds. The molecule has 110 valence electrons. The van der Waals surface area contributed by atoms with Crippen LogP contribution in [0.3, 0.4) is 0 Å². The van der Waals surface area contributed by atoms with E-state index in [-0.39, 0.29) is 11.8 Å². The predicted octanol–water partition coefficient (Wildman–Crippen LogP) is 1.70. The molecule has 0 aromatic heterocycles. The van der Waals surface area contributed by atoms with Gasteiger partial charge in [0.05, 0.1) is 0 Å². The topological polar surface area (TPSA) is 81.1 Å². The lowest BCUT2D eigenvalue weighted by atomic mass is 10.2. The van der Waals surface area contributed by atoms with Crippen LogP contribution in [0.1, 0.15) is 0 Å². The summed E-state index contributed by atoms with van der Waals surface area (Å²) in [5.41, 5.74) is 0.436. The van der Waals surface area contributed by atoms with Crippen molar-refractivity contribution in [2.24, 2.45) is 0 Å². The maximum atomic E-state index is 12.3. The van der Waals surface area contributed by atoms with Gasteiger partial charge in [-0.3, -0.25) is 9.69 Å². The maximum Gasteiger partial charge on any atom is 0.324 e. The Labute approximate surface area is 122 Å². The van der Waals surface area contributed by atoms with Gasteiger partial charge in [0.25, 0.3) is 0 Å². The van der Waals surface area contributed by atoms with E-state index >= 15 is 0 Å². The van der Waals surface area contributed by atoms with Crippen molar-refractivity contribution in [1.29, 1.82) is 0 Å². The number of aliphatic carboxylic acids is 1. The number of hydrogen-bond acceptors (Lipinski definition) is 4. The van der Waals surface area contributed by atoms with Gasteiger partial charge in [-0.2, -0.15) is 11.8 Å². The van der Waals surface area contributed by atoms with Crippen LogP contribution >= 0.6 is 11.8 Å². The minimum Gasteiger partial charge on any atom is -0.508 e. The Kier molecular flexibility index (Phi) is 6.17. The summed E-state index contributed by atoms with van der Waals surface area (Å²) in [6.07, 6.45) is 1.94. The van der Waals surface area contributed by atoms with Gasteiger partial charge in [-0.15, -0.1) is 0 Å². The summed E-state index contributed by atoms with van der Waals surface area (Å²) in [5.74, 6) is -0.254. The number of amides is 2. The Hall–Kier alpha value is -1.89. The number of benzene rings is 1. The van der Waals surface area contributed by atoms with Gasteiger partial charge in [0.15, 0.2) is 0 Å². The van der Waals surface area contributed by atoms with Gasteiger partial charge in [0, 0.05) is 25.0 Å². The van der Waals surface area contributed by atoms with Crippen LogP contribution in [0.5, 0.6) is 5.75 Å². The summed E-state index contributed by atoms with van der Waals surface area (Å²) in [7, 11) is 1.63. The minimum atomic E-state index is -1.09. The van der Waals surface area contributed by atoms with Crippen molar-refractivity contribution >= 4 is 29.4 Å². The number of carbonyl (C=O) groups is 2. The maximum absolute atomic E-state index is 12.3. The molecule has 1 aromatic carbocycles. The number of urea groups is 1. The molecule has 0 aliphatic carbocycles. The molecule has 0 atom stereocenters. The first-order chi connectivity index (χ1) is 9.45. The average Bonchev–Trinajstić information content (AvgIpc) is 2.42. The summed E-state index contributed by atoms with van der Waals surface area (Å²) in [5, 5.41) is 18.2. The van der Waals surface area contributed by atoms with Gasteiger partial charge >= 0.3 is 12.0 Å². The first kappa shape index (κ1) is 16.2. The standard InChI is InChI=1S/C13H18N2O4S/c1-14(7-8-20-2)13(19)15(9-12(17)18)10-3-5-11(16)6-4-10/h3-6,16H,7-9H2,1-2H3,(H,17,18). The SMILES string of the molecule is CSCCN(C)C(=O)N(CC(=O)O)c1ccc(O)cc1. The summed E-state index contributed by atoms with van der Waals surface area (Å²) in [6.45, 7) is 0.113. The molecule has 0 saturated carbocycles. The Balaban J connectivity index is 2.91. The minimum absolute atomic E-state index is 0.0622. The van der Waals surface area contributed by atoms with Crippen LogP contribution in [0.25, 0.3) is 0 Å². The Morgan fingerprint density at radius 2 is 1.85 bits per heavy atom. The third-order valence-corrected chi connectivity index (χ3v) is 3.23. The zero-order valence-electron chi connectivity index (χ0n) is 11.4. The molecule has 1 aromatic rings. The van der Waals surface area contributed by atoms with Crippen molar-refractivity contribution in [3.8, 4) is 5.75 Å². The van der Waals surface area contributed by atoms with E-state index in [1.54, 1.807) is 18.8 Å². The van der Waals surface area contributed by atoms with E-state index in [1.807, 2.05) is 6.26 Å². The van der Waals surface area contributed by atoms with Crippen LogP contribution in [0.15, 0.2) is 24.3 Å². The molecule has 0 unspecified atom stereocenters. The van der Waals surface area contributed by atoms with Crippen LogP contribution in [-0.4, -0.2) is 59.3 Å². The van der Waals surface area contributed by atoms with E-state index in [4.69, 9.17) is 5.11 Å². The van der Waals surface area contributed by atoms with E-state index in [2.05, 4.69) is 0 Å². The molecule has 0 aliphatic rings. The molecular formula is C13H18N2O4S. The van der Waals surface area contributed by atoms with Crippen molar-refractivity contribution in [3.63, 3.8) is 0 Å². The molecule has 0 aliphatic heterocycles. The molecule has 0 saturated heterocycles. The molecule has 0 heterocycles. The van der Waals surface area contributed by atoms with Gasteiger partial charge in [-0.1, -0.05) is 0 Å². The number of aromatic hydroxyl groups is 1. The van der Waals surface area contributed by atoms with E-state index in [0.717, 1.165) is 5.75 Å². The van der Waals surface area contributed by atoms with Crippen molar-refractivity contribution in [1.82, 2.24) is 4.90 Å². The Bertz CT molecular complexity index is 464. The van der Waals surface area contributed by atoms with E-state index in [0.29, 0.717) is 12.2 Å². The van der Waals surface area contributed by atoms with Crippen LogP contribution in [0.2, 0.25) is 0 Å². The number of anilines is 1. The van der Waals surface area contributed by atoms with E-state index in [9.17, 15) is 14.7 Å². The highest BCUT2D eigenvalue weighted by Crippen LogP contribution is 2.19. The molecule has 0 radical (unpaired) electrons. The summed E-state index contributed by atoms with van der Waals surface area (Å²) in [6, 6.07) is 5.47. The molecule has 20 heavy (non-hydrogen) atoms. The first-order valence-corrected chi connectivity index (χ1v) is 7.37. The monoisotopic (exact) mass is 298 g/mol. The third-order valence-electron chi connectivity index (χ3n) is 2.64. The number of thioether (sulfide) groups is 1. The average molecular weight is 298 g/mol. The van der Waals surface area contributed by atoms with Crippen LogP contribution in [0, 0.1) is 0 Å². The summed E-state index contributed by atoms with van der Waals surface area (Å²) in [4.78, 5) is 25.9. The Morgan fingerprint density at radius 3 is 2.35 bits per heavy atom. The predicted molar refractivity (Wildman–Crippen MR) is 79.5 cm³/mol. The number of carbonyl (C=O) groups excluding carboxylic acids is 1. The van der Waals surface area contributed by atoms with Crippen molar-refractivity contribution in [2.75, 3.05) is 37.0 Å². The molecule has 1 rings (SSSR count). The molecule has 0 bridgehead atoms. The largest absolute Gasteiger partial charge is 0.508 e. The van der Waals surface area contributed by atoms with E-state index < -0.39 is 12.5 Å². The van der Waals surface area contributed by atoms with Gasteiger partial charge in [0.1, 0.15) is 12.3 Å². The number of phenols is 1. The zero-order valence-corrected chi connectivity index (χ0v) is 12.3. The number of carboxylic acids is 1. The number of phenolic OH excluding ortho intramolecular Hbond substituents is 1. The molecule has 2 N–H and O–H groups in total. The molecule has 0 spiro atoms. The fourth-order valence-corrected chi connectivity index (χ4v) is 2.02. The first-order valence-electron chi connectivity index (χ1n) is 5.98. The zero-order chi connectivity index (χ0) is 15.1. The summed E-state index contributed by atoms with van der Waals surface area (Å²) < 4.78 is 0. The van der Waals surface area contributed by atoms with Crippen LogP contribution in [0.4, 0.5) is 10.5 Å². The number of carboxylic acid groups (broad SMARTS) is 1. The molecule has 6 nitrogen and oxygen atoms in total. The lowest BCUT2D eigenvalue weighted by Gasteiger charge is -2.27. The second kappa shape index (κ2) is 7.64. The second-order valence-corrected chi connectivity index (χ2v) is 5.18. The highest BCUT2D eigenvalue weighted by Gasteiger charge is 2.21. The fourth-order valence-electron chi connectivity index (χ4n) is 1.57. The summed E-state index contributed by atoms with van der Waals surface area (Å²) >= 11 is 1.61. The smallest absolute Gasteiger partial charge is 0.324 e. The van der Waals surface area contributed by atoms with E-state index in [1.165, 1.54) is 34.1 Å². The molecule has 0 fully saturated rings. The highest BCUT2D eigenvalue weighted by molar-refractivity contribution is 7.98. The molecular weight excluding hydrogens is 280 g/mol. The van der Waals surface area contributed by atoms with Gasteiger partial charge in [0.2, 0.25) is 0 Å². The second-order valence-electron chi connectivity index (χ2n) is 4.19. The van der Waals surface area contributed by atoms with Crippen molar-refractivity contribution in [3.05, 3.63) is 24.3 Å². The highest BCUT2D eigenvalue weighted by atomic mass is 32.2.